The van der Waals surface area contributed by atoms with Crippen LogP contribution in [-0.4, -0.2) is 60.6 Å². The summed E-state index contributed by atoms with van der Waals surface area (Å²) in [5.74, 6) is -0.456. The second kappa shape index (κ2) is 8.29. The van der Waals surface area contributed by atoms with E-state index in [9.17, 15) is 17.6 Å². The van der Waals surface area contributed by atoms with Gasteiger partial charge in [-0.1, -0.05) is 18.2 Å². The van der Waals surface area contributed by atoms with Gasteiger partial charge < -0.3 is 4.98 Å². The summed E-state index contributed by atoms with van der Waals surface area (Å²) in [4.78, 5) is 18.4. The van der Waals surface area contributed by atoms with Crippen LogP contribution in [0.25, 0.3) is 10.9 Å². The fourth-order valence-corrected chi connectivity index (χ4v) is 5.43. The molecule has 1 aromatic heterocycles. The highest BCUT2D eigenvalue weighted by Crippen LogP contribution is 2.23. The van der Waals surface area contributed by atoms with Gasteiger partial charge in [0.05, 0.1) is 10.9 Å². The topological polar surface area (TPSA) is 73.5 Å². The van der Waals surface area contributed by atoms with Gasteiger partial charge in [0.2, 0.25) is 10.0 Å². The number of aromatic amines is 1. The Morgan fingerprint density at radius 1 is 1.03 bits per heavy atom. The highest BCUT2D eigenvalue weighted by molar-refractivity contribution is 7.89. The molecule has 30 heavy (non-hydrogen) atoms. The van der Waals surface area contributed by atoms with Crippen molar-refractivity contribution in [2.75, 3.05) is 26.2 Å². The molecule has 1 fully saturated rings. The van der Waals surface area contributed by atoms with Crippen LogP contribution in [0.15, 0.2) is 59.6 Å². The fourth-order valence-electron chi connectivity index (χ4n) is 3.96. The molecular formula is C22H24FN3O3S. The highest BCUT2D eigenvalue weighted by atomic mass is 32.2. The van der Waals surface area contributed by atoms with E-state index in [2.05, 4.69) is 4.98 Å². The number of ketones is 1. The van der Waals surface area contributed by atoms with Crippen LogP contribution in [0.1, 0.15) is 23.7 Å². The van der Waals surface area contributed by atoms with Crippen LogP contribution in [0.5, 0.6) is 0 Å². The van der Waals surface area contributed by atoms with Crippen LogP contribution in [0.2, 0.25) is 0 Å². The van der Waals surface area contributed by atoms with Gasteiger partial charge in [0.25, 0.3) is 0 Å². The first-order valence-corrected chi connectivity index (χ1v) is 11.4. The third-order valence-electron chi connectivity index (χ3n) is 5.72. The number of hydrogen-bond acceptors (Lipinski definition) is 4. The molecule has 2 aromatic carbocycles. The number of halogens is 1. The number of hydrogen-bond donors (Lipinski definition) is 1. The van der Waals surface area contributed by atoms with Crippen molar-refractivity contribution in [2.45, 2.75) is 24.3 Å². The molecule has 0 aliphatic carbocycles. The summed E-state index contributed by atoms with van der Waals surface area (Å²) in [6.07, 6.45) is 2.36. The molecule has 0 saturated carbocycles. The van der Waals surface area contributed by atoms with Crippen LogP contribution in [0.4, 0.5) is 4.39 Å². The van der Waals surface area contributed by atoms with Crippen LogP contribution in [-0.2, 0) is 10.0 Å². The van der Waals surface area contributed by atoms with Gasteiger partial charge in [-0.2, -0.15) is 4.31 Å². The van der Waals surface area contributed by atoms with E-state index in [0.717, 1.165) is 23.0 Å². The van der Waals surface area contributed by atoms with E-state index in [1.54, 1.807) is 6.20 Å². The Morgan fingerprint density at radius 2 is 1.77 bits per heavy atom. The van der Waals surface area contributed by atoms with Crippen molar-refractivity contribution in [1.29, 1.82) is 0 Å². The zero-order chi connectivity index (χ0) is 21.3. The lowest BCUT2D eigenvalue weighted by molar-refractivity contribution is 0.0847. The SMILES string of the molecule is C[C@H](C(=O)c1c[nH]c2ccccc12)N1CCCN(S(=O)(=O)c2ccc(F)cc2)CC1. The van der Waals surface area contributed by atoms with Gasteiger partial charge in [-0.05, 0) is 43.7 Å². The molecule has 0 amide bonds. The normalized spacial score (nSPS) is 17.7. The number of nitrogens with one attached hydrogen (secondary N) is 1. The maximum absolute atomic E-state index is 13.2. The third-order valence-corrected chi connectivity index (χ3v) is 7.64. The number of rotatable bonds is 5. The van der Waals surface area contributed by atoms with Crippen molar-refractivity contribution in [1.82, 2.24) is 14.2 Å². The van der Waals surface area contributed by atoms with Crippen LogP contribution in [0.3, 0.4) is 0 Å². The molecule has 0 bridgehead atoms. The number of aromatic nitrogens is 1. The van der Waals surface area contributed by atoms with Crippen molar-refractivity contribution < 1.29 is 17.6 Å². The number of carbonyl (C=O) groups is 1. The Morgan fingerprint density at radius 3 is 2.53 bits per heavy atom. The molecular weight excluding hydrogens is 405 g/mol. The predicted molar refractivity (Wildman–Crippen MR) is 113 cm³/mol. The molecule has 0 radical (unpaired) electrons. The minimum absolute atomic E-state index is 0.0160. The molecule has 158 valence electrons. The van der Waals surface area contributed by atoms with Crippen molar-refractivity contribution in [3.8, 4) is 0 Å². The minimum atomic E-state index is -3.69. The first-order valence-electron chi connectivity index (χ1n) is 9.98. The van der Waals surface area contributed by atoms with Crippen LogP contribution < -0.4 is 0 Å². The van der Waals surface area contributed by atoms with Gasteiger partial charge in [-0.25, -0.2) is 12.8 Å². The number of para-hydroxylation sites is 1. The molecule has 6 nitrogen and oxygen atoms in total. The summed E-state index contributed by atoms with van der Waals surface area (Å²) < 4.78 is 40.4. The van der Waals surface area contributed by atoms with Crippen molar-refractivity contribution >= 4 is 26.7 Å². The largest absolute Gasteiger partial charge is 0.360 e. The van der Waals surface area contributed by atoms with Crippen LogP contribution in [0, 0.1) is 5.82 Å². The summed E-state index contributed by atoms with van der Waals surface area (Å²) in [5, 5.41) is 0.893. The molecule has 8 heteroatoms. The third kappa shape index (κ3) is 3.90. The van der Waals surface area contributed by atoms with E-state index in [1.807, 2.05) is 36.1 Å². The first kappa shape index (κ1) is 20.7. The lowest BCUT2D eigenvalue weighted by atomic mass is 10.0. The van der Waals surface area contributed by atoms with E-state index in [0.29, 0.717) is 31.6 Å². The zero-order valence-electron chi connectivity index (χ0n) is 16.7. The lowest BCUT2D eigenvalue weighted by Crippen LogP contribution is -2.42. The lowest BCUT2D eigenvalue weighted by Gasteiger charge is -2.26. The standard InChI is InChI=1S/C22H24FN3O3S/c1-16(22(27)20-15-24-21-6-3-2-5-19(20)21)25-11-4-12-26(14-13-25)30(28,29)18-9-7-17(23)8-10-18/h2-3,5-10,15-16,24H,4,11-14H2,1H3/t16-/m1/s1. The van der Waals surface area contributed by atoms with E-state index < -0.39 is 15.8 Å². The Kier molecular flexibility index (Phi) is 5.73. The molecule has 3 aromatic rings. The second-order valence-electron chi connectivity index (χ2n) is 7.54. The minimum Gasteiger partial charge on any atom is -0.360 e. The molecule has 1 N–H and O–H groups in total. The number of fused-ring (bicyclic) bond motifs is 1. The van der Waals surface area contributed by atoms with E-state index >= 15 is 0 Å². The number of nitrogens with zero attached hydrogens (tertiary/aromatic N) is 2. The molecule has 1 saturated heterocycles. The summed E-state index contributed by atoms with van der Waals surface area (Å²) in [5.41, 5.74) is 1.57. The van der Waals surface area contributed by atoms with Crippen molar-refractivity contribution in [3.05, 3.63) is 66.1 Å². The number of sulfonamides is 1. The summed E-state index contributed by atoms with van der Waals surface area (Å²) in [7, 11) is -3.69. The van der Waals surface area contributed by atoms with Gasteiger partial charge in [0.1, 0.15) is 5.82 Å². The van der Waals surface area contributed by atoms with Crippen LogP contribution >= 0.6 is 0 Å². The van der Waals surface area contributed by atoms with Crippen molar-refractivity contribution in [3.63, 3.8) is 0 Å². The second-order valence-corrected chi connectivity index (χ2v) is 9.47. The zero-order valence-corrected chi connectivity index (χ0v) is 17.5. The number of carbonyl (C=O) groups excluding carboxylic acids is 1. The summed E-state index contributed by atoms with van der Waals surface area (Å²) >= 11 is 0. The number of Topliss-reactive ketones (excluding diaryl/α,β-unsaturated/α-hetero) is 1. The Bertz CT molecular complexity index is 1160. The van der Waals surface area contributed by atoms with Gasteiger partial charge in [-0.15, -0.1) is 0 Å². The Labute approximate surface area is 175 Å². The van der Waals surface area contributed by atoms with E-state index in [1.165, 1.54) is 16.4 Å². The number of H-pyrrole nitrogens is 1. The maximum Gasteiger partial charge on any atom is 0.243 e. The number of benzene rings is 2. The Hall–Kier alpha value is -2.55. The van der Waals surface area contributed by atoms with E-state index in [4.69, 9.17) is 0 Å². The molecule has 1 aliphatic rings. The average molecular weight is 430 g/mol. The molecule has 2 heterocycles. The molecule has 1 aliphatic heterocycles. The quantitative estimate of drug-likeness (QED) is 0.632. The maximum atomic E-state index is 13.2. The fraction of sp³-hybridized carbons (Fsp3) is 0.318. The van der Waals surface area contributed by atoms with Gasteiger partial charge in [-0.3, -0.25) is 9.69 Å². The van der Waals surface area contributed by atoms with Gasteiger partial charge in [0.15, 0.2) is 5.78 Å². The predicted octanol–water partition coefficient (Wildman–Crippen LogP) is 3.27. The average Bonchev–Trinajstić information content (AvgIpc) is 3.01. The molecule has 0 unspecified atom stereocenters. The summed E-state index contributed by atoms with van der Waals surface area (Å²) in [6, 6.07) is 12.2. The highest BCUT2D eigenvalue weighted by Gasteiger charge is 2.30. The Balaban J connectivity index is 1.48. The van der Waals surface area contributed by atoms with E-state index in [-0.39, 0.29) is 23.3 Å². The van der Waals surface area contributed by atoms with Crippen molar-refractivity contribution in [2.24, 2.45) is 0 Å². The molecule has 0 spiro atoms. The smallest absolute Gasteiger partial charge is 0.243 e. The van der Waals surface area contributed by atoms with Gasteiger partial charge in [0, 0.05) is 48.8 Å². The molecule has 1 atom stereocenters. The van der Waals surface area contributed by atoms with Gasteiger partial charge >= 0.3 is 0 Å². The first-order chi connectivity index (χ1) is 14.4. The monoisotopic (exact) mass is 429 g/mol. The molecule has 4 rings (SSSR count). The summed E-state index contributed by atoms with van der Waals surface area (Å²) in [6.45, 7) is 3.60.